The lowest BCUT2D eigenvalue weighted by Crippen LogP contribution is -2.49. The molecule has 4 rings (SSSR count). The Hall–Kier alpha value is -3.76. The number of carboxylic acids is 1. The molecule has 0 aliphatic carbocycles. The Balaban J connectivity index is 0.00000253. The molecule has 18 heteroatoms. The van der Waals surface area contributed by atoms with Gasteiger partial charge in [-0.2, -0.15) is 9.59 Å². The van der Waals surface area contributed by atoms with Crippen molar-refractivity contribution in [2.24, 2.45) is 0 Å². The van der Waals surface area contributed by atoms with E-state index in [1.165, 1.54) is 4.90 Å². The van der Waals surface area contributed by atoms with E-state index in [1.54, 1.807) is 28.0 Å². The number of rotatable bonds is 12. The van der Waals surface area contributed by atoms with Crippen molar-refractivity contribution in [1.29, 1.82) is 0 Å². The van der Waals surface area contributed by atoms with E-state index in [2.05, 4.69) is 45.2 Å². The topological polar surface area (TPSA) is 174 Å². The molecule has 2 aromatic rings. The summed E-state index contributed by atoms with van der Waals surface area (Å²) in [5, 5.41) is 22.9. The average molecular weight is 874 g/mol. The van der Waals surface area contributed by atoms with Crippen LogP contribution in [0.5, 0.6) is 0 Å². The highest BCUT2D eigenvalue weighted by Gasteiger charge is 2.46. The molecular formula is C37H52BrCl2N7O8. The predicted octanol–water partition coefficient (Wildman–Crippen LogP) is 4.56. The maximum Gasteiger partial charge on any atom is 0.407 e. The molecule has 2 heterocycles. The highest BCUT2D eigenvalue weighted by molar-refractivity contribution is 9.10. The minimum atomic E-state index is -1.08. The van der Waals surface area contributed by atoms with Crippen LogP contribution in [0, 0.1) is 0 Å². The Kier molecular flexibility index (Phi) is 20.1. The van der Waals surface area contributed by atoms with E-state index in [0.717, 1.165) is 10.0 Å². The van der Waals surface area contributed by atoms with Crippen LogP contribution < -0.4 is 10.2 Å². The van der Waals surface area contributed by atoms with Gasteiger partial charge >= 0.3 is 24.2 Å². The van der Waals surface area contributed by atoms with Crippen LogP contribution in [-0.2, 0) is 25.6 Å². The maximum absolute atomic E-state index is 13.9. The molecule has 3 N–H and O–H groups in total. The third kappa shape index (κ3) is 15.7. The lowest BCUT2D eigenvalue weighted by molar-refractivity contribution is -0.191. The van der Waals surface area contributed by atoms with Gasteiger partial charge in [0.2, 0.25) is 5.91 Å². The fraction of sp³-hybridized carbons (Fsp3) is 0.541. The van der Waals surface area contributed by atoms with E-state index in [9.17, 15) is 29.4 Å². The van der Waals surface area contributed by atoms with E-state index in [4.69, 9.17) is 32.8 Å². The quantitative estimate of drug-likeness (QED) is 0.255. The molecule has 2 saturated heterocycles. The molecule has 0 saturated carbocycles. The van der Waals surface area contributed by atoms with Gasteiger partial charge in [-0.1, -0.05) is 58.7 Å². The Morgan fingerprint density at radius 2 is 1.42 bits per heavy atom. The Bertz CT molecular complexity index is 1600. The molecule has 2 aromatic carbocycles. The molecule has 55 heavy (non-hydrogen) atoms. The van der Waals surface area contributed by atoms with Gasteiger partial charge in [0.25, 0.3) is 0 Å². The molecule has 4 amide bonds. The number of hydrogen-bond acceptors (Lipinski definition) is 9. The number of nitrogens with one attached hydrogen (secondary N) is 1. The first-order chi connectivity index (χ1) is 25.6. The smallest absolute Gasteiger partial charge is 0.407 e. The number of likely N-dealkylation sites (N-methyl/N-ethyl adjacent to an activating group) is 1. The highest BCUT2D eigenvalue weighted by atomic mass is 79.9. The number of hydrogen-bond donors (Lipinski definition) is 3. The van der Waals surface area contributed by atoms with Crippen LogP contribution in [0.2, 0.25) is 10.0 Å². The first-order valence-electron chi connectivity index (χ1n) is 17.5. The van der Waals surface area contributed by atoms with Crippen molar-refractivity contribution in [3.63, 3.8) is 0 Å². The van der Waals surface area contributed by atoms with E-state index >= 15 is 0 Å². The predicted molar refractivity (Wildman–Crippen MR) is 214 cm³/mol. The molecule has 1 atom stereocenters. The summed E-state index contributed by atoms with van der Waals surface area (Å²) in [7, 11) is 1.95. The van der Waals surface area contributed by atoms with E-state index < -0.39 is 17.6 Å². The van der Waals surface area contributed by atoms with E-state index in [1.807, 2.05) is 29.0 Å². The second kappa shape index (κ2) is 23.3. The van der Waals surface area contributed by atoms with Gasteiger partial charge in [-0.3, -0.25) is 24.3 Å². The van der Waals surface area contributed by atoms with Gasteiger partial charge < -0.3 is 30.2 Å². The van der Waals surface area contributed by atoms with Gasteiger partial charge in [0.15, 0.2) is 0 Å². The summed E-state index contributed by atoms with van der Waals surface area (Å²) < 4.78 is 0.983. The van der Waals surface area contributed by atoms with Crippen LogP contribution in [0.3, 0.4) is 0 Å². The minimum Gasteiger partial charge on any atom is -0.480 e. The summed E-state index contributed by atoms with van der Waals surface area (Å²) >= 11 is 16.1. The number of aliphatic carboxylic acids is 1. The number of halogens is 3. The number of urea groups is 1. The number of amides is 4. The average Bonchev–Trinajstić information content (AvgIpc) is 3.34. The Morgan fingerprint density at radius 3 is 1.96 bits per heavy atom. The zero-order valence-corrected chi connectivity index (χ0v) is 33.6. The zero-order valence-electron chi connectivity index (χ0n) is 30.5. The molecule has 0 bridgehead atoms. The van der Waals surface area contributed by atoms with Crippen LogP contribution in [0.4, 0.5) is 15.3 Å². The summed E-state index contributed by atoms with van der Waals surface area (Å²) in [4.78, 5) is 77.1. The SMILES string of the molecule is C.CN1CCN(CC(=O)O)CCN(C(=O)O)CCN(CC(=O)NCCCCN2C(=O)N(c3cc(Cl)cc(Cl)c3)C[C@]2(C)Cc2ccc(Br)cc2)CC1.O=C=O. The number of nitrogens with zero attached hydrogens (tertiary/aromatic N) is 6. The standard InChI is InChI=1S/C35H48BrCl2N7O6.CO2.CH4/c1-35(22-26-5-7-27(36)8-6-26)25-44(30-20-28(37)19-29(38)21-30)33(49)45(35)10-4-3-9-39-31(46)23-41-13-11-40(2)12-14-42(24-32(47)48)16-18-43(17-15-41)34(50)51;2-1-3;/h5-8,19-21H,3-4,9-18,22-25H2,1-2H3,(H,39,46)(H,47,48)(H,50,51);;1H4/t35-;;/m0../s1. The second-order valence-electron chi connectivity index (χ2n) is 13.6. The normalized spacial score (nSPS) is 18.9. The molecule has 0 spiro atoms. The van der Waals surface area contributed by atoms with Crippen molar-refractivity contribution >= 4 is 75.0 Å². The first-order valence-corrected chi connectivity index (χ1v) is 19.1. The minimum absolute atomic E-state index is 0. The summed E-state index contributed by atoms with van der Waals surface area (Å²) in [5.74, 6) is -1.10. The van der Waals surface area contributed by atoms with Crippen molar-refractivity contribution in [2.75, 3.05) is 97.0 Å². The molecular weight excluding hydrogens is 821 g/mol. The summed E-state index contributed by atoms with van der Waals surface area (Å²) in [6.07, 6.45) is 1.16. The largest absolute Gasteiger partial charge is 0.480 e. The molecule has 2 aliphatic heterocycles. The van der Waals surface area contributed by atoms with Gasteiger partial charge in [0.1, 0.15) is 0 Å². The molecule has 0 radical (unpaired) electrons. The van der Waals surface area contributed by atoms with Gasteiger partial charge in [0.05, 0.1) is 25.2 Å². The summed E-state index contributed by atoms with van der Waals surface area (Å²) in [6, 6.07) is 13.1. The molecule has 2 fully saturated rings. The maximum atomic E-state index is 13.9. The van der Waals surface area contributed by atoms with Crippen molar-refractivity contribution in [3.8, 4) is 0 Å². The van der Waals surface area contributed by atoms with Gasteiger partial charge in [-0.25, -0.2) is 9.59 Å². The lowest BCUT2D eigenvalue weighted by atomic mass is 9.91. The van der Waals surface area contributed by atoms with Crippen LogP contribution >= 0.6 is 39.1 Å². The van der Waals surface area contributed by atoms with Crippen LogP contribution in [-0.4, -0.2) is 163 Å². The number of carbonyl (C=O) groups is 4. The first kappa shape index (κ1) is 47.4. The third-order valence-corrected chi connectivity index (χ3v) is 10.3. The number of anilines is 1. The number of unbranched alkanes of at least 4 members (excludes halogenated alkanes) is 1. The Labute approximate surface area is 341 Å². The highest BCUT2D eigenvalue weighted by Crippen LogP contribution is 2.36. The van der Waals surface area contributed by atoms with E-state index in [-0.39, 0.29) is 51.7 Å². The van der Waals surface area contributed by atoms with Gasteiger partial charge in [-0.05, 0) is 69.1 Å². The van der Waals surface area contributed by atoms with Crippen molar-refractivity contribution < 1.29 is 39.0 Å². The van der Waals surface area contributed by atoms with Gasteiger partial charge in [0, 0.05) is 85.7 Å². The fourth-order valence-electron chi connectivity index (χ4n) is 6.50. The Morgan fingerprint density at radius 1 is 0.873 bits per heavy atom. The van der Waals surface area contributed by atoms with Crippen LogP contribution in [0.15, 0.2) is 46.9 Å². The van der Waals surface area contributed by atoms with Gasteiger partial charge in [-0.15, -0.1) is 0 Å². The fourth-order valence-corrected chi connectivity index (χ4v) is 7.28. The van der Waals surface area contributed by atoms with E-state index in [0.29, 0.717) is 93.9 Å². The molecule has 0 unspecified atom stereocenters. The second-order valence-corrected chi connectivity index (χ2v) is 15.4. The monoisotopic (exact) mass is 871 g/mol. The van der Waals surface area contributed by atoms with Crippen LogP contribution in [0.1, 0.15) is 32.8 Å². The zero-order chi connectivity index (χ0) is 39.8. The summed E-state index contributed by atoms with van der Waals surface area (Å²) in [5.41, 5.74) is 1.25. The number of carbonyl (C=O) groups excluding carboxylic acids is 4. The molecule has 304 valence electrons. The van der Waals surface area contributed by atoms with Crippen molar-refractivity contribution in [3.05, 3.63) is 62.5 Å². The number of carboxylic acid groups (broad SMARTS) is 2. The number of benzene rings is 2. The third-order valence-electron chi connectivity index (χ3n) is 9.36. The molecule has 0 aromatic heterocycles. The molecule has 2 aliphatic rings. The summed E-state index contributed by atoms with van der Waals surface area (Å²) in [6.45, 7) is 6.83. The molecule has 15 nitrogen and oxygen atoms in total. The van der Waals surface area contributed by atoms with Crippen molar-refractivity contribution in [2.45, 2.75) is 39.2 Å². The van der Waals surface area contributed by atoms with Crippen LogP contribution in [0.25, 0.3) is 0 Å². The van der Waals surface area contributed by atoms with Crippen molar-refractivity contribution in [1.82, 2.24) is 29.8 Å². The lowest BCUT2D eigenvalue weighted by Gasteiger charge is -2.34.